The van der Waals surface area contributed by atoms with Gasteiger partial charge in [0.25, 0.3) is 0 Å². The topological polar surface area (TPSA) is 6.48 Å². The first-order chi connectivity index (χ1) is 51.4. The largest absolute Gasteiger partial charge is 0.309 e. The van der Waals surface area contributed by atoms with Crippen LogP contribution in [0.25, 0.3) is 99.0 Å². The van der Waals surface area contributed by atoms with E-state index >= 15 is 0 Å². The van der Waals surface area contributed by atoms with Gasteiger partial charge in [0.1, 0.15) is 0 Å². The molecule has 2 aliphatic carbocycles. The van der Waals surface area contributed by atoms with Gasteiger partial charge in [-0.3, -0.25) is 0 Å². The molecule has 0 aliphatic heterocycles. The molecule has 2 heteroatoms. The van der Waals surface area contributed by atoms with Crippen LogP contribution in [0.1, 0.15) is 106 Å². The second-order valence-corrected chi connectivity index (χ2v) is 28.6. The lowest BCUT2D eigenvalue weighted by molar-refractivity contribution is 0.768. The molecule has 2 aliphatic rings. The average Bonchev–Trinajstić information content (AvgIpc) is 1.33. The van der Waals surface area contributed by atoms with Crippen molar-refractivity contribution in [1.82, 2.24) is 0 Å². The van der Waals surface area contributed by atoms with E-state index in [1.165, 1.54) is 143 Å². The van der Waals surface area contributed by atoms with E-state index in [9.17, 15) is 0 Å². The second-order valence-electron chi connectivity index (χ2n) is 28.6. The van der Waals surface area contributed by atoms with Crippen LogP contribution >= 0.6 is 0 Å². The fourth-order valence-corrected chi connectivity index (χ4v) is 18.6. The van der Waals surface area contributed by atoms with Crippen LogP contribution in [0, 0.1) is 0 Å². The highest BCUT2D eigenvalue weighted by molar-refractivity contribution is 6.37. The van der Waals surface area contributed by atoms with Crippen molar-refractivity contribution in [3.05, 3.63) is 408 Å². The Morgan fingerprint density at radius 2 is 0.635 bits per heavy atom. The summed E-state index contributed by atoms with van der Waals surface area (Å²) < 4.78 is 0. The Bertz CT molecular complexity index is 5850. The maximum Gasteiger partial charge on any atom is 0.0714 e. The number of nitrogens with zero attached hydrogens (tertiary/aromatic N) is 2. The lowest BCUT2D eigenvalue weighted by Crippen LogP contribution is -2.28. The Morgan fingerprint density at radius 3 is 1.06 bits per heavy atom. The molecule has 0 fully saturated rings. The monoisotopic (exact) mass is 1330 g/mol. The summed E-state index contributed by atoms with van der Waals surface area (Å²) in [6.45, 7) is 13.0. The van der Waals surface area contributed by atoms with Crippen LogP contribution in [0.15, 0.2) is 341 Å². The molecule has 0 heterocycles. The highest BCUT2D eigenvalue weighted by Gasteiger charge is 2.48. The predicted molar refractivity (Wildman–Crippen MR) is 444 cm³/mol. The van der Waals surface area contributed by atoms with Crippen molar-refractivity contribution >= 4 is 111 Å². The van der Waals surface area contributed by atoms with E-state index in [2.05, 4.69) is 364 Å². The summed E-state index contributed by atoms with van der Waals surface area (Å²) in [5, 5.41) is 15.2. The van der Waals surface area contributed by atoms with Gasteiger partial charge in [0.15, 0.2) is 0 Å². The first kappa shape index (κ1) is 62.6. The summed E-state index contributed by atoms with van der Waals surface area (Å²) in [5.41, 5.74) is 25.5. The molecule has 2 atom stereocenters. The Labute approximate surface area is 609 Å². The van der Waals surface area contributed by atoms with Crippen LogP contribution in [0.3, 0.4) is 0 Å². The van der Waals surface area contributed by atoms with Gasteiger partial charge < -0.3 is 9.80 Å². The summed E-state index contributed by atoms with van der Waals surface area (Å²) in [6.07, 6.45) is 10.2. The summed E-state index contributed by atoms with van der Waals surface area (Å²) >= 11 is 0. The number of benzene rings is 17. The van der Waals surface area contributed by atoms with Gasteiger partial charge in [-0.15, -0.1) is 0 Å². The van der Waals surface area contributed by atoms with Crippen molar-refractivity contribution in [1.29, 1.82) is 0 Å². The summed E-state index contributed by atoms with van der Waals surface area (Å²) in [5.74, 6) is 0. The maximum atomic E-state index is 4.18. The number of aryl methyl sites for hydroxylation is 2. The molecule has 0 amide bonds. The molecule has 0 saturated heterocycles. The SMILES string of the molecule is C=Cc1ccc(C2(c3ccccc3)c3ccccc3-c3ccc(N(c4cccc5ccccc45)c4ccc5c6ccc(N(c7ccc8c(c7)C(c7ccccc7)(c7ccc(C=C)cc7)c7ccccc7-8)c7cccc8ccccc78)c7ccc(CCCC)c(c8c(CCCC)ccc4c58)c76)cc32)cc1. The normalized spacial score (nSPS) is 15.0. The lowest BCUT2D eigenvalue weighted by atomic mass is 9.67. The van der Waals surface area contributed by atoms with E-state index in [0.717, 1.165) is 83.8 Å². The van der Waals surface area contributed by atoms with Crippen LogP contribution in [0.5, 0.6) is 0 Å². The van der Waals surface area contributed by atoms with E-state index in [4.69, 9.17) is 0 Å². The highest BCUT2D eigenvalue weighted by atomic mass is 15.2. The lowest BCUT2D eigenvalue weighted by Gasteiger charge is -2.35. The molecular formula is C102H78N2. The van der Waals surface area contributed by atoms with Crippen LogP contribution < -0.4 is 9.80 Å². The number of unbranched alkanes of at least 4 members (excludes halogenated alkanes) is 2. The number of rotatable bonds is 18. The molecular weight excluding hydrogens is 1250 g/mol. The van der Waals surface area contributed by atoms with Crippen molar-refractivity contribution in [2.24, 2.45) is 0 Å². The number of anilines is 6. The number of hydrogen-bond donors (Lipinski definition) is 0. The van der Waals surface area contributed by atoms with E-state index in [-0.39, 0.29) is 0 Å². The minimum absolute atomic E-state index is 0.627. The molecule has 17 aromatic carbocycles. The smallest absolute Gasteiger partial charge is 0.0714 e. The van der Waals surface area contributed by atoms with Crippen molar-refractivity contribution < 1.29 is 0 Å². The zero-order valence-electron chi connectivity index (χ0n) is 58.9. The fraction of sp³-hybridized carbons (Fsp3) is 0.0980. The summed E-state index contributed by atoms with van der Waals surface area (Å²) in [4.78, 5) is 5.21. The Balaban J connectivity index is 0.888. The minimum Gasteiger partial charge on any atom is -0.309 e. The molecule has 2 unspecified atom stereocenters. The first-order valence-corrected chi connectivity index (χ1v) is 37.2. The van der Waals surface area contributed by atoms with Crippen molar-refractivity contribution in [2.75, 3.05) is 9.80 Å². The Hall–Kier alpha value is -12.4. The van der Waals surface area contributed by atoms with Gasteiger partial charge in [0.2, 0.25) is 0 Å². The summed E-state index contributed by atoms with van der Waals surface area (Å²) in [7, 11) is 0. The van der Waals surface area contributed by atoms with E-state index < -0.39 is 10.8 Å². The number of hydrogen-bond acceptors (Lipinski definition) is 2. The van der Waals surface area contributed by atoms with Crippen molar-refractivity contribution in [3.63, 3.8) is 0 Å². The third kappa shape index (κ3) is 9.41. The zero-order chi connectivity index (χ0) is 69.6. The van der Waals surface area contributed by atoms with Gasteiger partial charge in [0.05, 0.1) is 33.6 Å². The predicted octanol–water partition coefficient (Wildman–Crippen LogP) is 27.7. The molecule has 0 aromatic heterocycles. The van der Waals surface area contributed by atoms with Gasteiger partial charge in [-0.2, -0.15) is 0 Å². The Kier molecular flexibility index (Phi) is 15.2. The standard InChI is InChI=1S/C102H78N2/c1-5-9-27-71-49-57-87-95(103(93-43-25-31-69-29-17-19-37-79(69)93)77-55-59-83-81-39-21-23-41-89(81)101(91(83)65-77,73-33-13-11-14-34-73)75-51-45-67(7-3)46-52-75)63-61-85-86-62-64-96(88-58-50-72(28-10-6-2)98(100(86)88)97(71)99(85)87)104(94-44-26-32-70-30-18-20-38-80(70)94)78-56-60-84-82-40-22-24-42-90(82)102(92(84)66-78,74-35-15-12-16-36-74)76-53-47-68(8-4)48-54-76/h7-8,11-26,29-66H,3-6,9-10,27-28H2,1-2H3. The van der Waals surface area contributed by atoms with Crippen LogP contribution in [0.2, 0.25) is 0 Å². The van der Waals surface area contributed by atoms with Crippen molar-refractivity contribution in [2.45, 2.75) is 63.2 Å². The van der Waals surface area contributed by atoms with Crippen molar-refractivity contribution in [3.8, 4) is 22.3 Å². The summed E-state index contributed by atoms with van der Waals surface area (Å²) in [6, 6.07) is 125. The van der Waals surface area contributed by atoms with Gasteiger partial charge in [-0.05, 0) is 206 Å². The molecule has 0 spiro atoms. The van der Waals surface area contributed by atoms with Crippen LogP contribution in [-0.4, -0.2) is 0 Å². The third-order valence-corrected chi connectivity index (χ3v) is 23.3. The van der Waals surface area contributed by atoms with E-state index in [1.807, 2.05) is 12.2 Å². The molecule has 0 saturated carbocycles. The molecule has 0 radical (unpaired) electrons. The quantitative estimate of drug-likeness (QED) is 0.0624. The van der Waals surface area contributed by atoms with Crippen LogP contribution in [-0.2, 0) is 23.7 Å². The van der Waals surface area contributed by atoms with Crippen LogP contribution in [0.4, 0.5) is 34.1 Å². The van der Waals surface area contributed by atoms with E-state index in [0.29, 0.717) is 0 Å². The molecule has 104 heavy (non-hydrogen) atoms. The maximum absolute atomic E-state index is 4.18. The molecule has 2 nitrogen and oxygen atoms in total. The van der Waals surface area contributed by atoms with Gasteiger partial charge >= 0.3 is 0 Å². The second kappa shape index (κ2) is 25.3. The zero-order valence-corrected chi connectivity index (χ0v) is 58.9. The van der Waals surface area contributed by atoms with Gasteiger partial charge in [-0.1, -0.05) is 331 Å². The minimum atomic E-state index is -0.627. The molecule has 0 bridgehead atoms. The van der Waals surface area contributed by atoms with Gasteiger partial charge in [0, 0.05) is 32.9 Å². The molecule has 17 aromatic rings. The average molecular weight is 1330 g/mol. The van der Waals surface area contributed by atoms with Gasteiger partial charge in [-0.25, -0.2) is 0 Å². The number of fused-ring (bicyclic) bond motifs is 10. The third-order valence-electron chi connectivity index (χ3n) is 23.3. The van der Waals surface area contributed by atoms with E-state index in [1.54, 1.807) is 0 Å². The first-order valence-electron chi connectivity index (χ1n) is 37.2. The molecule has 0 N–H and O–H groups in total. The highest BCUT2D eigenvalue weighted by Crippen LogP contribution is 2.61. The molecule has 496 valence electrons. The Morgan fingerprint density at radius 1 is 0.279 bits per heavy atom. The fourth-order valence-electron chi connectivity index (χ4n) is 18.6. The molecule has 19 rings (SSSR count).